The minimum absolute atomic E-state index is 0.244. The zero-order chi connectivity index (χ0) is 10.4. The van der Waals surface area contributed by atoms with Gasteiger partial charge in [-0.2, -0.15) is 0 Å². The molecule has 84 valence electrons. The zero-order valence-corrected chi connectivity index (χ0v) is 9.54. The van der Waals surface area contributed by atoms with Crippen molar-refractivity contribution in [2.75, 3.05) is 26.7 Å². The summed E-state index contributed by atoms with van der Waals surface area (Å²) in [6, 6.07) is 0.810. The quantitative estimate of drug-likeness (QED) is 0.701. The fourth-order valence-corrected chi connectivity index (χ4v) is 2.29. The smallest absolute Gasteiger partial charge is 0.0705 e. The van der Waals surface area contributed by atoms with Gasteiger partial charge in [0.1, 0.15) is 0 Å². The van der Waals surface area contributed by atoms with Gasteiger partial charge in [-0.05, 0) is 32.2 Å². The number of likely N-dealkylation sites (tertiary alicyclic amines) is 1. The Kier molecular flexibility index (Phi) is 5.45. The molecular weight excluding hydrogens is 176 g/mol. The Bertz CT molecular complexity index is 148. The van der Waals surface area contributed by atoms with E-state index >= 15 is 0 Å². The van der Waals surface area contributed by atoms with Crippen LogP contribution in [0.1, 0.15) is 32.6 Å². The largest absolute Gasteiger partial charge is 0.380 e. The van der Waals surface area contributed by atoms with Gasteiger partial charge < -0.3 is 15.4 Å². The highest BCUT2D eigenvalue weighted by Crippen LogP contribution is 2.20. The van der Waals surface area contributed by atoms with Gasteiger partial charge in [0.25, 0.3) is 0 Å². The van der Waals surface area contributed by atoms with Crippen LogP contribution in [0.15, 0.2) is 0 Å². The lowest BCUT2D eigenvalue weighted by atomic mass is 10.1. The molecule has 0 saturated carbocycles. The predicted octanol–water partition coefficient (Wildman–Crippen LogP) is 1.22. The van der Waals surface area contributed by atoms with E-state index in [1.165, 1.54) is 25.8 Å². The zero-order valence-electron chi connectivity index (χ0n) is 9.54. The van der Waals surface area contributed by atoms with Crippen molar-refractivity contribution in [1.29, 1.82) is 0 Å². The molecule has 0 aromatic carbocycles. The first-order chi connectivity index (χ1) is 6.81. The Balaban J connectivity index is 2.22. The van der Waals surface area contributed by atoms with E-state index in [2.05, 4.69) is 11.8 Å². The molecule has 2 N–H and O–H groups in total. The van der Waals surface area contributed by atoms with Gasteiger partial charge in [-0.3, -0.25) is 0 Å². The Hall–Kier alpha value is -0.120. The van der Waals surface area contributed by atoms with Crippen LogP contribution in [0.4, 0.5) is 0 Å². The van der Waals surface area contributed by atoms with Gasteiger partial charge in [-0.25, -0.2) is 0 Å². The first-order valence-electron chi connectivity index (χ1n) is 5.78. The van der Waals surface area contributed by atoms with Crippen LogP contribution >= 0.6 is 0 Å². The molecule has 1 rings (SSSR count). The average molecular weight is 200 g/mol. The number of rotatable bonds is 6. The Morgan fingerprint density at radius 1 is 1.57 bits per heavy atom. The van der Waals surface area contributed by atoms with E-state index in [1.807, 2.05) is 0 Å². The molecule has 1 heterocycles. The van der Waals surface area contributed by atoms with Gasteiger partial charge in [-0.15, -0.1) is 0 Å². The van der Waals surface area contributed by atoms with Gasteiger partial charge in [0, 0.05) is 26.2 Å². The molecule has 0 radical (unpaired) electrons. The molecule has 2 atom stereocenters. The van der Waals surface area contributed by atoms with Crippen LogP contribution in [0.5, 0.6) is 0 Å². The monoisotopic (exact) mass is 200 g/mol. The van der Waals surface area contributed by atoms with E-state index in [1.54, 1.807) is 7.11 Å². The van der Waals surface area contributed by atoms with Gasteiger partial charge in [0.2, 0.25) is 0 Å². The lowest BCUT2D eigenvalue weighted by Crippen LogP contribution is -2.34. The third-order valence-electron chi connectivity index (χ3n) is 3.30. The Labute approximate surface area is 87.6 Å². The molecule has 0 amide bonds. The maximum atomic E-state index is 5.59. The molecule has 2 unspecified atom stereocenters. The van der Waals surface area contributed by atoms with Crippen molar-refractivity contribution in [2.45, 2.75) is 44.8 Å². The van der Waals surface area contributed by atoms with Crippen molar-refractivity contribution < 1.29 is 4.74 Å². The lowest BCUT2D eigenvalue weighted by Gasteiger charge is -2.25. The minimum Gasteiger partial charge on any atom is -0.380 e. The highest BCUT2D eigenvalue weighted by atomic mass is 16.5. The van der Waals surface area contributed by atoms with Crippen molar-refractivity contribution >= 4 is 0 Å². The average Bonchev–Trinajstić information content (AvgIpc) is 2.67. The van der Waals surface area contributed by atoms with Crippen LogP contribution in [0.25, 0.3) is 0 Å². The van der Waals surface area contributed by atoms with Crippen molar-refractivity contribution in [3.63, 3.8) is 0 Å². The highest BCUT2D eigenvalue weighted by molar-refractivity contribution is 4.78. The van der Waals surface area contributed by atoms with Crippen molar-refractivity contribution in [2.24, 2.45) is 5.73 Å². The molecular formula is C11H24N2O. The Morgan fingerprint density at radius 3 is 2.93 bits per heavy atom. The van der Waals surface area contributed by atoms with E-state index in [-0.39, 0.29) is 6.10 Å². The maximum Gasteiger partial charge on any atom is 0.0705 e. The second-order valence-corrected chi connectivity index (χ2v) is 4.12. The molecule has 1 fully saturated rings. The normalized spacial score (nSPS) is 25.5. The molecule has 1 aliphatic heterocycles. The van der Waals surface area contributed by atoms with Crippen molar-refractivity contribution in [3.05, 3.63) is 0 Å². The summed E-state index contributed by atoms with van der Waals surface area (Å²) in [5.41, 5.74) is 5.59. The molecule has 14 heavy (non-hydrogen) atoms. The van der Waals surface area contributed by atoms with Crippen LogP contribution in [-0.2, 0) is 4.74 Å². The third-order valence-corrected chi connectivity index (χ3v) is 3.30. The number of nitrogens with zero attached hydrogens (tertiary/aromatic N) is 1. The number of hydrogen-bond donors (Lipinski definition) is 1. The first kappa shape index (κ1) is 12.0. The van der Waals surface area contributed by atoms with Crippen molar-refractivity contribution in [1.82, 2.24) is 4.90 Å². The summed E-state index contributed by atoms with van der Waals surface area (Å²) < 4.78 is 5.28. The van der Waals surface area contributed by atoms with E-state index in [4.69, 9.17) is 10.5 Å². The minimum atomic E-state index is 0.244. The Morgan fingerprint density at radius 2 is 2.36 bits per heavy atom. The summed E-state index contributed by atoms with van der Waals surface area (Å²) in [7, 11) is 1.75. The first-order valence-corrected chi connectivity index (χ1v) is 5.78. The van der Waals surface area contributed by atoms with Gasteiger partial charge in [-0.1, -0.05) is 6.92 Å². The summed E-state index contributed by atoms with van der Waals surface area (Å²) >= 11 is 0. The summed E-state index contributed by atoms with van der Waals surface area (Å²) in [6.07, 6.45) is 5.33. The maximum absolute atomic E-state index is 5.59. The molecule has 0 spiro atoms. The lowest BCUT2D eigenvalue weighted by molar-refractivity contribution is 0.0872. The van der Waals surface area contributed by atoms with Crippen LogP contribution < -0.4 is 5.73 Å². The van der Waals surface area contributed by atoms with E-state index in [0.717, 1.165) is 19.0 Å². The SMILES string of the molecule is CCC1CCCN1CCC(CN)OC. The van der Waals surface area contributed by atoms with Crippen LogP contribution in [-0.4, -0.2) is 43.8 Å². The standard InChI is InChI=1S/C11H24N2O/c1-3-10-5-4-7-13(10)8-6-11(9-12)14-2/h10-11H,3-9,12H2,1-2H3. The second-order valence-electron chi connectivity index (χ2n) is 4.12. The van der Waals surface area contributed by atoms with E-state index in [0.29, 0.717) is 6.54 Å². The summed E-state index contributed by atoms with van der Waals surface area (Å²) in [4.78, 5) is 2.58. The van der Waals surface area contributed by atoms with Gasteiger partial charge in [0.15, 0.2) is 0 Å². The topological polar surface area (TPSA) is 38.5 Å². The van der Waals surface area contributed by atoms with Crippen LogP contribution in [0, 0.1) is 0 Å². The molecule has 1 saturated heterocycles. The molecule has 1 aliphatic rings. The predicted molar refractivity (Wildman–Crippen MR) is 59.4 cm³/mol. The second kappa shape index (κ2) is 6.38. The molecule has 0 bridgehead atoms. The van der Waals surface area contributed by atoms with E-state index in [9.17, 15) is 0 Å². The fraction of sp³-hybridized carbons (Fsp3) is 1.00. The number of ether oxygens (including phenoxy) is 1. The highest BCUT2D eigenvalue weighted by Gasteiger charge is 2.22. The summed E-state index contributed by atoms with van der Waals surface area (Å²) in [6.45, 7) is 5.33. The van der Waals surface area contributed by atoms with Gasteiger partial charge in [0.05, 0.1) is 6.10 Å². The number of hydrogen-bond acceptors (Lipinski definition) is 3. The summed E-state index contributed by atoms with van der Waals surface area (Å²) in [5, 5.41) is 0. The molecule has 3 heteroatoms. The fourth-order valence-electron chi connectivity index (χ4n) is 2.29. The molecule has 0 aliphatic carbocycles. The molecule has 3 nitrogen and oxygen atoms in total. The van der Waals surface area contributed by atoms with Crippen LogP contribution in [0.2, 0.25) is 0 Å². The van der Waals surface area contributed by atoms with E-state index < -0.39 is 0 Å². The third kappa shape index (κ3) is 3.23. The number of methoxy groups -OCH3 is 1. The molecule has 0 aromatic heterocycles. The summed E-state index contributed by atoms with van der Waals surface area (Å²) in [5.74, 6) is 0. The van der Waals surface area contributed by atoms with Crippen LogP contribution in [0.3, 0.4) is 0 Å². The van der Waals surface area contributed by atoms with Crippen molar-refractivity contribution in [3.8, 4) is 0 Å². The van der Waals surface area contributed by atoms with Gasteiger partial charge >= 0.3 is 0 Å². The molecule has 0 aromatic rings. The number of nitrogens with two attached hydrogens (primary N) is 1.